The monoisotopic (exact) mass is 310 g/mol. The molecule has 118 valence electrons. The van der Waals surface area contributed by atoms with Gasteiger partial charge in [0.1, 0.15) is 5.75 Å². The van der Waals surface area contributed by atoms with Crippen molar-refractivity contribution >= 4 is 23.2 Å². The fraction of sp³-hybridized carbons (Fsp3) is 0.222. The Labute approximate surface area is 134 Å². The average molecular weight is 310 g/mol. The van der Waals surface area contributed by atoms with Crippen molar-refractivity contribution in [3.8, 4) is 5.75 Å². The first-order valence-electron chi connectivity index (χ1n) is 7.46. The highest BCUT2D eigenvalue weighted by Crippen LogP contribution is 2.29. The number of hydrogen-bond donors (Lipinski definition) is 2. The molecule has 0 bridgehead atoms. The number of ether oxygens (including phenoxy) is 1. The Morgan fingerprint density at radius 1 is 1.17 bits per heavy atom. The van der Waals surface area contributed by atoms with Crippen LogP contribution >= 0.6 is 0 Å². The molecule has 3 rings (SSSR count). The molecular formula is C18H18N2O3. The van der Waals surface area contributed by atoms with E-state index >= 15 is 0 Å². The van der Waals surface area contributed by atoms with Gasteiger partial charge in [-0.1, -0.05) is 18.2 Å². The highest BCUT2D eigenvalue weighted by molar-refractivity contribution is 6.02. The second kappa shape index (κ2) is 6.12. The third-order valence-corrected chi connectivity index (χ3v) is 3.58. The van der Waals surface area contributed by atoms with Crippen molar-refractivity contribution < 1.29 is 14.3 Å². The summed E-state index contributed by atoms with van der Waals surface area (Å²) in [4.78, 5) is 24.2. The van der Waals surface area contributed by atoms with E-state index in [2.05, 4.69) is 10.6 Å². The van der Waals surface area contributed by atoms with E-state index in [0.29, 0.717) is 11.4 Å². The highest BCUT2D eigenvalue weighted by Gasteiger charge is 2.29. The predicted octanol–water partition coefficient (Wildman–Crippen LogP) is 3.03. The molecule has 2 aromatic rings. The maximum Gasteiger partial charge on any atom is 0.266 e. The molecule has 1 heterocycles. The summed E-state index contributed by atoms with van der Waals surface area (Å²) in [6.07, 6.45) is -0.858. The van der Waals surface area contributed by atoms with Gasteiger partial charge in [0.05, 0.1) is 12.1 Å². The van der Waals surface area contributed by atoms with Gasteiger partial charge < -0.3 is 15.4 Å². The SMILES string of the molecule is Cc1cc(C)cc(NC(=O)C[C@@H]2Oc3ccccc3NC2=O)c1. The Morgan fingerprint density at radius 2 is 1.87 bits per heavy atom. The van der Waals surface area contributed by atoms with Gasteiger partial charge >= 0.3 is 0 Å². The molecule has 0 saturated carbocycles. The van der Waals surface area contributed by atoms with Crippen molar-refractivity contribution in [2.75, 3.05) is 10.6 Å². The largest absolute Gasteiger partial charge is 0.478 e. The molecule has 0 unspecified atom stereocenters. The van der Waals surface area contributed by atoms with Gasteiger partial charge in [0.15, 0.2) is 6.10 Å². The van der Waals surface area contributed by atoms with Crippen LogP contribution in [0, 0.1) is 13.8 Å². The standard InChI is InChI=1S/C18H18N2O3/c1-11-7-12(2)9-13(8-11)19-17(21)10-16-18(22)20-14-5-3-4-6-15(14)23-16/h3-9,16H,10H2,1-2H3,(H,19,21)(H,20,22)/t16-/m0/s1. The Morgan fingerprint density at radius 3 is 2.61 bits per heavy atom. The van der Waals surface area contributed by atoms with Gasteiger partial charge in [-0.3, -0.25) is 9.59 Å². The molecule has 2 aromatic carbocycles. The summed E-state index contributed by atoms with van der Waals surface area (Å²) in [6.45, 7) is 3.94. The molecule has 0 saturated heterocycles. The number of carbonyl (C=O) groups is 2. The summed E-state index contributed by atoms with van der Waals surface area (Å²) < 4.78 is 5.63. The van der Waals surface area contributed by atoms with Crippen molar-refractivity contribution in [3.63, 3.8) is 0 Å². The van der Waals surface area contributed by atoms with Crippen molar-refractivity contribution in [1.82, 2.24) is 0 Å². The number of carbonyl (C=O) groups excluding carboxylic acids is 2. The summed E-state index contributed by atoms with van der Waals surface area (Å²) in [7, 11) is 0. The van der Waals surface area contributed by atoms with Crippen LogP contribution in [-0.4, -0.2) is 17.9 Å². The summed E-state index contributed by atoms with van der Waals surface area (Å²) >= 11 is 0. The zero-order valence-corrected chi connectivity index (χ0v) is 13.1. The number of fused-ring (bicyclic) bond motifs is 1. The van der Waals surface area contributed by atoms with Gasteiger partial charge in [0.2, 0.25) is 5.91 Å². The molecule has 0 aromatic heterocycles. The fourth-order valence-electron chi connectivity index (χ4n) is 2.65. The van der Waals surface area contributed by atoms with Crippen LogP contribution < -0.4 is 15.4 Å². The third-order valence-electron chi connectivity index (χ3n) is 3.58. The van der Waals surface area contributed by atoms with E-state index in [4.69, 9.17) is 4.74 Å². The van der Waals surface area contributed by atoms with E-state index < -0.39 is 6.10 Å². The lowest BCUT2D eigenvalue weighted by atomic mass is 10.1. The van der Waals surface area contributed by atoms with E-state index in [1.165, 1.54) is 0 Å². The smallest absolute Gasteiger partial charge is 0.266 e. The summed E-state index contributed by atoms with van der Waals surface area (Å²) in [5, 5.41) is 5.57. The Bertz CT molecular complexity index is 750. The van der Waals surface area contributed by atoms with E-state index in [-0.39, 0.29) is 18.2 Å². The molecule has 1 aliphatic rings. The maximum atomic E-state index is 12.2. The van der Waals surface area contributed by atoms with Gasteiger partial charge in [-0.2, -0.15) is 0 Å². The zero-order chi connectivity index (χ0) is 16.4. The van der Waals surface area contributed by atoms with Crippen molar-refractivity contribution in [1.29, 1.82) is 0 Å². The second-order valence-electron chi connectivity index (χ2n) is 5.72. The van der Waals surface area contributed by atoms with E-state index in [0.717, 1.165) is 16.8 Å². The van der Waals surface area contributed by atoms with E-state index in [9.17, 15) is 9.59 Å². The minimum Gasteiger partial charge on any atom is -0.478 e. The van der Waals surface area contributed by atoms with Crippen molar-refractivity contribution in [3.05, 3.63) is 53.6 Å². The lowest BCUT2D eigenvalue weighted by Gasteiger charge is -2.25. The number of hydrogen-bond acceptors (Lipinski definition) is 3. The second-order valence-corrected chi connectivity index (χ2v) is 5.72. The maximum absolute atomic E-state index is 12.2. The van der Waals surface area contributed by atoms with E-state index in [1.54, 1.807) is 12.1 Å². The van der Waals surface area contributed by atoms with Gasteiger partial charge in [-0.25, -0.2) is 0 Å². The Kier molecular flexibility index (Phi) is 4.02. The normalized spacial score (nSPS) is 16.1. The average Bonchev–Trinajstić information content (AvgIpc) is 2.46. The number of benzene rings is 2. The quantitative estimate of drug-likeness (QED) is 0.915. The first kappa shape index (κ1) is 15.1. The molecule has 0 fully saturated rings. The molecule has 1 aliphatic heterocycles. The molecule has 2 N–H and O–H groups in total. The molecule has 0 radical (unpaired) electrons. The van der Waals surface area contributed by atoms with E-state index in [1.807, 2.05) is 44.2 Å². The van der Waals surface area contributed by atoms with Crippen LogP contribution in [-0.2, 0) is 9.59 Å². The lowest BCUT2D eigenvalue weighted by Crippen LogP contribution is -2.39. The van der Waals surface area contributed by atoms with Crippen LogP contribution in [0.2, 0.25) is 0 Å². The summed E-state index contributed by atoms with van der Waals surface area (Å²) in [5.41, 5.74) is 3.49. The van der Waals surface area contributed by atoms with Crippen LogP contribution in [0.3, 0.4) is 0 Å². The minimum absolute atomic E-state index is 0.0346. The summed E-state index contributed by atoms with van der Waals surface area (Å²) in [5.74, 6) is 0.0186. The van der Waals surface area contributed by atoms with Gasteiger partial charge in [0.25, 0.3) is 5.91 Å². The lowest BCUT2D eigenvalue weighted by molar-refractivity contribution is -0.128. The van der Waals surface area contributed by atoms with Crippen LogP contribution in [0.4, 0.5) is 11.4 Å². The number of anilines is 2. The molecule has 23 heavy (non-hydrogen) atoms. The minimum atomic E-state index is -0.823. The van der Waals surface area contributed by atoms with Gasteiger partial charge in [0, 0.05) is 5.69 Å². The highest BCUT2D eigenvalue weighted by atomic mass is 16.5. The number of rotatable bonds is 3. The molecule has 1 atom stereocenters. The zero-order valence-electron chi connectivity index (χ0n) is 13.1. The molecule has 5 nitrogen and oxygen atoms in total. The van der Waals surface area contributed by atoms with Gasteiger partial charge in [-0.15, -0.1) is 0 Å². The van der Waals surface area contributed by atoms with Gasteiger partial charge in [-0.05, 0) is 49.2 Å². The Hall–Kier alpha value is -2.82. The molecule has 2 amide bonds. The molecule has 5 heteroatoms. The van der Waals surface area contributed by atoms with Crippen LogP contribution in [0.15, 0.2) is 42.5 Å². The number of para-hydroxylation sites is 2. The molecular weight excluding hydrogens is 292 g/mol. The topological polar surface area (TPSA) is 67.4 Å². The fourth-order valence-corrected chi connectivity index (χ4v) is 2.65. The van der Waals surface area contributed by atoms with Crippen LogP contribution in [0.1, 0.15) is 17.5 Å². The first-order valence-corrected chi connectivity index (χ1v) is 7.46. The van der Waals surface area contributed by atoms with Crippen molar-refractivity contribution in [2.45, 2.75) is 26.4 Å². The van der Waals surface area contributed by atoms with Crippen molar-refractivity contribution in [2.24, 2.45) is 0 Å². The van der Waals surface area contributed by atoms with Crippen LogP contribution in [0.5, 0.6) is 5.75 Å². The summed E-state index contributed by atoms with van der Waals surface area (Å²) in [6, 6.07) is 13.0. The van der Waals surface area contributed by atoms with Crippen LogP contribution in [0.25, 0.3) is 0 Å². The number of amides is 2. The molecule has 0 aliphatic carbocycles. The first-order chi connectivity index (χ1) is 11.0. The third kappa shape index (κ3) is 3.51. The Balaban J connectivity index is 1.67. The predicted molar refractivity (Wildman–Crippen MR) is 88.7 cm³/mol. The number of nitrogens with one attached hydrogen (secondary N) is 2. The molecule has 0 spiro atoms. The number of aryl methyl sites for hydroxylation is 2.